The van der Waals surface area contributed by atoms with Crippen molar-refractivity contribution in [3.8, 4) is 0 Å². The smallest absolute Gasteiger partial charge is 0.366 e. The number of benzene rings is 1. The maximum absolute atomic E-state index is 13.0. The minimum absolute atomic E-state index is 0.209. The third-order valence-electron chi connectivity index (χ3n) is 4.57. The van der Waals surface area contributed by atoms with E-state index in [1.807, 2.05) is 30.5 Å². The number of anilines is 1. The third-order valence-corrected chi connectivity index (χ3v) is 4.90. The molecule has 148 valence electrons. The van der Waals surface area contributed by atoms with Gasteiger partial charge in [-0.05, 0) is 47.0 Å². The lowest BCUT2D eigenvalue weighted by molar-refractivity contribution is -0.137. The Balaban J connectivity index is 1.42. The Kier molecular flexibility index (Phi) is 5.15. The molecule has 4 rings (SSSR count). The van der Waals surface area contributed by atoms with E-state index in [2.05, 4.69) is 20.3 Å². The summed E-state index contributed by atoms with van der Waals surface area (Å²) >= 11 is 5.65. The zero-order chi connectivity index (χ0) is 20.4. The van der Waals surface area contributed by atoms with Gasteiger partial charge in [0, 0.05) is 36.9 Å². The van der Waals surface area contributed by atoms with Crippen LogP contribution in [0.3, 0.4) is 0 Å². The number of aromatic nitrogens is 3. The number of nitrogens with one attached hydrogen (secondary N) is 2. The van der Waals surface area contributed by atoms with Gasteiger partial charge in [0.25, 0.3) is 0 Å². The Labute approximate surface area is 169 Å². The minimum Gasteiger partial charge on any atom is -0.366 e. The lowest BCUT2D eigenvalue weighted by atomic mass is 10.1. The summed E-state index contributed by atoms with van der Waals surface area (Å²) in [6, 6.07) is 11.5. The predicted octanol–water partition coefficient (Wildman–Crippen LogP) is 5.83. The fourth-order valence-corrected chi connectivity index (χ4v) is 3.33. The third kappa shape index (κ3) is 4.35. The highest BCUT2D eigenvalue weighted by Crippen LogP contribution is 2.35. The van der Waals surface area contributed by atoms with Crippen molar-refractivity contribution in [3.05, 3.63) is 88.3 Å². The quantitative estimate of drug-likeness (QED) is 0.430. The second-order valence-electron chi connectivity index (χ2n) is 6.61. The van der Waals surface area contributed by atoms with Gasteiger partial charge in [-0.15, -0.1) is 0 Å². The molecular formula is C21H16ClF3N4. The number of halogens is 4. The molecular weight excluding hydrogens is 401 g/mol. The van der Waals surface area contributed by atoms with Crippen LogP contribution in [0, 0.1) is 0 Å². The summed E-state index contributed by atoms with van der Waals surface area (Å²) in [7, 11) is 0. The Morgan fingerprint density at radius 3 is 2.62 bits per heavy atom. The number of nitrogens with zero attached hydrogens (tertiary/aromatic N) is 2. The molecule has 3 heterocycles. The summed E-state index contributed by atoms with van der Waals surface area (Å²) < 4.78 is 38.9. The topological polar surface area (TPSA) is 53.6 Å². The lowest BCUT2D eigenvalue weighted by Gasteiger charge is -2.12. The maximum atomic E-state index is 13.0. The van der Waals surface area contributed by atoms with E-state index in [9.17, 15) is 13.2 Å². The van der Waals surface area contributed by atoms with Crippen LogP contribution in [0.2, 0.25) is 5.02 Å². The van der Waals surface area contributed by atoms with Gasteiger partial charge in [-0.2, -0.15) is 13.2 Å². The van der Waals surface area contributed by atoms with Crippen LogP contribution in [-0.4, -0.2) is 15.0 Å². The zero-order valence-electron chi connectivity index (χ0n) is 15.1. The Morgan fingerprint density at radius 1 is 1.03 bits per heavy atom. The first-order valence-corrected chi connectivity index (χ1v) is 9.23. The SMILES string of the molecule is FC(F)(F)c1cc(CNc2ccc(Cc3c[nH]c4ncccc34)cn2)ccc1Cl. The molecule has 4 aromatic rings. The van der Waals surface area contributed by atoms with Crippen molar-refractivity contribution >= 4 is 28.5 Å². The molecule has 4 nitrogen and oxygen atoms in total. The van der Waals surface area contributed by atoms with Gasteiger partial charge >= 0.3 is 6.18 Å². The summed E-state index contributed by atoms with van der Waals surface area (Å²) in [4.78, 5) is 11.8. The summed E-state index contributed by atoms with van der Waals surface area (Å²) in [6.45, 7) is 0.209. The second-order valence-corrected chi connectivity index (χ2v) is 7.01. The van der Waals surface area contributed by atoms with Crippen molar-refractivity contribution in [1.82, 2.24) is 15.0 Å². The molecule has 0 fully saturated rings. The van der Waals surface area contributed by atoms with Gasteiger partial charge in [0.2, 0.25) is 0 Å². The molecule has 0 unspecified atom stereocenters. The van der Waals surface area contributed by atoms with Crippen molar-refractivity contribution in [3.63, 3.8) is 0 Å². The van der Waals surface area contributed by atoms with Crippen LogP contribution in [0.4, 0.5) is 19.0 Å². The zero-order valence-corrected chi connectivity index (χ0v) is 15.8. The first-order valence-electron chi connectivity index (χ1n) is 8.85. The van der Waals surface area contributed by atoms with E-state index in [0.717, 1.165) is 28.2 Å². The number of pyridine rings is 2. The number of hydrogen-bond acceptors (Lipinski definition) is 3. The van der Waals surface area contributed by atoms with E-state index in [0.29, 0.717) is 17.8 Å². The molecule has 0 spiro atoms. The molecule has 1 aromatic carbocycles. The van der Waals surface area contributed by atoms with Crippen LogP contribution in [0.25, 0.3) is 11.0 Å². The molecule has 0 aliphatic carbocycles. The molecule has 0 saturated carbocycles. The van der Waals surface area contributed by atoms with Crippen molar-refractivity contribution in [2.24, 2.45) is 0 Å². The molecule has 3 aromatic heterocycles. The first-order chi connectivity index (χ1) is 13.9. The van der Waals surface area contributed by atoms with Gasteiger partial charge in [0.1, 0.15) is 11.5 Å². The summed E-state index contributed by atoms with van der Waals surface area (Å²) in [5.74, 6) is 0.581. The average molecular weight is 417 g/mol. The molecule has 2 N–H and O–H groups in total. The highest BCUT2D eigenvalue weighted by molar-refractivity contribution is 6.31. The molecule has 8 heteroatoms. The van der Waals surface area contributed by atoms with Gasteiger partial charge in [-0.3, -0.25) is 0 Å². The molecule has 0 bridgehead atoms. The van der Waals surface area contributed by atoms with Gasteiger partial charge in [0.05, 0.1) is 10.6 Å². The summed E-state index contributed by atoms with van der Waals surface area (Å²) in [5.41, 5.74) is 2.62. The van der Waals surface area contributed by atoms with Crippen LogP contribution in [0.15, 0.2) is 61.1 Å². The number of fused-ring (bicyclic) bond motifs is 1. The van der Waals surface area contributed by atoms with E-state index in [4.69, 9.17) is 11.6 Å². The van der Waals surface area contributed by atoms with E-state index < -0.39 is 11.7 Å². The Bertz CT molecular complexity index is 1140. The van der Waals surface area contributed by atoms with Crippen LogP contribution >= 0.6 is 11.6 Å². The predicted molar refractivity (Wildman–Crippen MR) is 107 cm³/mol. The molecule has 0 amide bonds. The van der Waals surface area contributed by atoms with E-state index in [-0.39, 0.29) is 11.6 Å². The van der Waals surface area contributed by atoms with E-state index >= 15 is 0 Å². The number of aromatic amines is 1. The average Bonchev–Trinajstić information content (AvgIpc) is 3.10. The molecule has 0 atom stereocenters. The summed E-state index contributed by atoms with van der Waals surface area (Å²) in [5, 5.41) is 3.80. The van der Waals surface area contributed by atoms with Crippen molar-refractivity contribution in [2.75, 3.05) is 5.32 Å². The molecule has 29 heavy (non-hydrogen) atoms. The second kappa shape index (κ2) is 7.75. The van der Waals surface area contributed by atoms with Crippen LogP contribution in [0.1, 0.15) is 22.3 Å². The van der Waals surface area contributed by atoms with Crippen molar-refractivity contribution < 1.29 is 13.2 Å². The summed E-state index contributed by atoms with van der Waals surface area (Å²) in [6.07, 6.45) is 1.64. The standard InChI is InChI=1S/C21H16ClF3N4/c22-18-5-3-14(9-17(18)21(23,24)25)11-28-19-6-4-13(10-27-19)8-15-12-29-20-16(15)2-1-7-26-20/h1-7,9-10,12H,8,11H2,(H,26,29)(H,27,28). The van der Waals surface area contributed by atoms with Crippen LogP contribution in [0.5, 0.6) is 0 Å². The monoisotopic (exact) mass is 416 g/mol. The van der Waals surface area contributed by atoms with Gasteiger partial charge in [0.15, 0.2) is 0 Å². The van der Waals surface area contributed by atoms with E-state index in [1.54, 1.807) is 18.5 Å². The lowest BCUT2D eigenvalue weighted by Crippen LogP contribution is -2.08. The molecule has 0 radical (unpaired) electrons. The highest BCUT2D eigenvalue weighted by Gasteiger charge is 2.33. The first kappa shape index (κ1) is 19.3. The minimum atomic E-state index is -4.48. The fourth-order valence-electron chi connectivity index (χ4n) is 3.10. The van der Waals surface area contributed by atoms with Gasteiger partial charge in [-0.25, -0.2) is 9.97 Å². The normalized spacial score (nSPS) is 11.7. The van der Waals surface area contributed by atoms with Gasteiger partial charge in [-0.1, -0.05) is 23.7 Å². The largest absolute Gasteiger partial charge is 0.417 e. The van der Waals surface area contributed by atoms with Crippen molar-refractivity contribution in [2.45, 2.75) is 19.1 Å². The molecule has 0 aliphatic rings. The molecule has 0 saturated heterocycles. The Hall–Kier alpha value is -3.06. The molecule has 0 aliphatic heterocycles. The fraction of sp³-hybridized carbons (Fsp3) is 0.143. The number of rotatable bonds is 5. The van der Waals surface area contributed by atoms with Crippen LogP contribution in [-0.2, 0) is 19.1 Å². The maximum Gasteiger partial charge on any atom is 0.417 e. The highest BCUT2D eigenvalue weighted by atomic mass is 35.5. The van der Waals surface area contributed by atoms with E-state index in [1.165, 1.54) is 6.07 Å². The number of H-pyrrole nitrogens is 1. The number of alkyl halides is 3. The van der Waals surface area contributed by atoms with Crippen LogP contribution < -0.4 is 5.32 Å². The van der Waals surface area contributed by atoms with Crippen molar-refractivity contribution in [1.29, 1.82) is 0 Å². The van der Waals surface area contributed by atoms with Gasteiger partial charge < -0.3 is 10.3 Å². The number of hydrogen-bond donors (Lipinski definition) is 2. The Morgan fingerprint density at radius 2 is 1.86 bits per heavy atom.